The van der Waals surface area contributed by atoms with Gasteiger partial charge in [0.25, 0.3) is 20.2 Å². The highest BCUT2D eigenvalue weighted by molar-refractivity contribution is 7.90. The molecule has 4 bridgehead atoms. The molecule has 8 nitrogen and oxygen atoms in total. The highest BCUT2D eigenvalue weighted by atomic mass is 32.2. The molecule has 0 amide bonds. The molecule has 2 aromatic rings. The molecule has 4 aliphatic carbocycles. The minimum atomic E-state index is -4.45. The average molecular weight is 641 g/mol. The lowest BCUT2D eigenvalue weighted by molar-refractivity contribution is -0.127. The highest BCUT2D eigenvalue weighted by Gasteiger charge is 2.68. The molecule has 4 aliphatic rings. The van der Waals surface area contributed by atoms with Crippen LogP contribution in [0.3, 0.4) is 0 Å². The number of allylic oxidation sites excluding steroid dienone is 2. The number of benzene rings is 2. The molecule has 10 heteroatoms. The fraction of sp³-hybridized carbons (Fsp3) is 0.471. The second-order valence-electron chi connectivity index (χ2n) is 14.0. The topological polar surface area (TPSA) is 143 Å². The molecule has 4 atom stereocenters. The first-order valence-electron chi connectivity index (χ1n) is 14.9. The lowest BCUT2D eigenvalue weighted by atomic mass is 9.68. The molecule has 4 unspecified atom stereocenters. The second-order valence-corrected chi connectivity index (χ2v) is 16.8. The predicted octanol–water partition coefficient (Wildman–Crippen LogP) is 6.65. The average Bonchev–Trinajstić information content (AvgIpc) is 3.45. The van der Waals surface area contributed by atoms with Crippen LogP contribution in [0, 0.1) is 33.5 Å². The third-order valence-electron chi connectivity index (χ3n) is 11.6. The van der Waals surface area contributed by atoms with E-state index in [-0.39, 0.29) is 44.0 Å². The van der Waals surface area contributed by atoms with Crippen molar-refractivity contribution < 1.29 is 35.5 Å². The van der Waals surface area contributed by atoms with Crippen molar-refractivity contribution in [3.63, 3.8) is 0 Å². The number of ketones is 2. The fourth-order valence-electron chi connectivity index (χ4n) is 8.38. The van der Waals surface area contributed by atoms with Gasteiger partial charge >= 0.3 is 0 Å². The summed E-state index contributed by atoms with van der Waals surface area (Å²) in [6, 6.07) is 14.9. The van der Waals surface area contributed by atoms with Crippen molar-refractivity contribution in [3.8, 4) is 0 Å². The van der Waals surface area contributed by atoms with Crippen LogP contribution >= 0.6 is 0 Å². The highest BCUT2D eigenvalue weighted by Crippen LogP contribution is 2.68. The first-order valence-corrected chi connectivity index (χ1v) is 17.8. The quantitative estimate of drug-likeness (QED) is 0.273. The van der Waals surface area contributed by atoms with Gasteiger partial charge in [0.2, 0.25) is 0 Å². The third-order valence-corrected chi connectivity index (χ3v) is 13.4. The van der Waals surface area contributed by atoms with E-state index < -0.39 is 31.1 Å². The molecule has 6 rings (SSSR count). The van der Waals surface area contributed by atoms with Crippen LogP contribution in [-0.2, 0) is 29.8 Å². The van der Waals surface area contributed by atoms with Gasteiger partial charge in [0.05, 0.1) is 15.2 Å². The van der Waals surface area contributed by atoms with Crippen molar-refractivity contribution in [1.29, 1.82) is 0 Å². The van der Waals surface area contributed by atoms with Gasteiger partial charge in [0.15, 0.2) is 5.78 Å². The Labute approximate surface area is 260 Å². The molecular formula is C34H40O8S2. The Hall–Kier alpha value is -2.92. The Balaban J connectivity index is 0.000000175. The van der Waals surface area contributed by atoms with Gasteiger partial charge in [-0.05, 0) is 89.3 Å². The maximum absolute atomic E-state index is 12.7. The maximum Gasteiger partial charge on any atom is 0.294 e. The molecule has 0 aromatic heterocycles. The molecular weight excluding hydrogens is 601 g/mol. The molecule has 0 aliphatic heterocycles. The zero-order chi connectivity index (χ0) is 32.5. The molecule has 236 valence electrons. The van der Waals surface area contributed by atoms with E-state index >= 15 is 0 Å². The monoisotopic (exact) mass is 640 g/mol. The number of carbonyl (C=O) groups is 2. The van der Waals surface area contributed by atoms with Crippen LogP contribution in [0.2, 0.25) is 0 Å². The zero-order valence-corrected chi connectivity index (χ0v) is 27.3. The summed E-state index contributed by atoms with van der Waals surface area (Å²) in [5.74, 6) is 0.591. The summed E-state index contributed by atoms with van der Waals surface area (Å²) in [5.41, 5.74) is 0.411. The summed E-state index contributed by atoms with van der Waals surface area (Å²) in [6.45, 7) is 10.3. The largest absolute Gasteiger partial charge is 0.299 e. The van der Waals surface area contributed by atoms with Crippen molar-refractivity contribution in [2.24, 2.45) is 33.5 Å². The van der Waals surface area contributed by atoms with Gasteiger partial charge in [-0.25, -0.2) is 0 Å². The van der Waals surface area contributed by atoms with Gasteiger partial charge in [-0.1, -0.05) is 77.1 Å². The molecule has 44 heavy (non-hydrogen) atoms. The first-order chi connectivity index (χ1) is 20.3. The minimum absolute atomic E-state index is 0.0374. The lowest BCUT2D eigenvalue weighted by Crippen LogP contribution is -2.40. The lowest BCUT2D eigenvalue weighted by Gasteiger charge is -2.37. The molecule has 0 saturated heterocycles. The number of hydrogen-bond donors (Lipinski definition) is 2. The number of Topliss-reactive ketones (excluding diaryl/α,β-unsaturated/α-hetero) is 2. The summed E-state index contributed by atoms with van der Waals surface area (Å²) in [5, 5.41) is 0. The Morgan fingerprint density at radius 2 is 1.41 bits per heavy atom. The SMILES string of the molecule is CC1(C)C2CCC1(C(=Cc1ccccc1)S(=O)(=O)O)C(=O)C2.CC12CCC(C(=Cc3ccc(S(=O)(=O)O)cc3)C1=O)C2(C)C. The van der Waals surface area contributed by atoms with E-state index in [1.165, 1.54) is 18.2 Å². The number of carbonyl (C=O) groups excluding carboxylic acids is 2. The van der Waals surface area contributed by atoms with Crippen LogP contribution < -0.4 is 0 Å². The summed E-state index contributed by atoms with van der Waals surface area (Å²) in [4.78, 5) is 25.1. The standard InChI is InChI=1S/2C17H20O4S/c1-16(2)14-8-9-17(16,3)15(18)13(14)10-11-4-6-12(7-5-11)22(19,20)21;1-16(2)13-8-9-17(16,14(18)11-13)15(22(19,20)21)10-12-6-4-3-5-7-12/h4-7,10,14H,8-9H2,1-3H3,(H,19,20,21);3-7,10,13H,8-9,11H2,1-2H3,(H,19,20,21). The molecule has 0 heterocycles. The van der Waals surface area contributed by atoms with Crippen LogP contribution in [0.15, 0.2) is 70.0 Å². The number of fused-ring (bicyclic) bond motifs is 4. The van der Waals surface area contributed by atoms with Gasteiger partial charge in [-0.15, -0.1) is 0 Å². The predicted molar refractivity (Wildman–Crippen MR) is 168 cm³/mol. The molecule has 2 aromatic carbocycles. The van der Waals surface area contributed by atoms with Crippen LogP contribution in [0.1, 0.15) is 77.8 Å². The van der Waals surface area contributed by atoms with E-state index in [2.05, 4.69) is 20.8 Å². The van der Waals surface area contributed by atoms with Gasteiger partial charge in [-0.2, -0.15) is 16.8 Å². The molecule has 2 N–H and O–H groups in total. The molecule has 0 radical (unpaired) electrons. The number of hydrogen-bond acceptors (Lipinski definition) is 6. The normalized spacial score (nSPS) is 31.3. The Morgan fingerprint density at radius 3 is 1.86 bits per heavy atom. The zero-order valence-electron chi connectivity index (χ0n) is 25.7. The van der Waals surface area contributed by atoms with Gasteiger partial charge in [0.1, 0.15) is 5.78 Å². The van der Waals surface area contributed by atoms with Gasteiger partial charge in [0, 0.05) is 11.8 Å². The second kappa shape index (κ2) is 10.6. The summed E-state index contributed by atoms with van der Waals surface area (Å²) in [7, 11) is -8.64. The molecule has 0 spiro atoms. The van der Waals surface area contributed by atoms with Crippen molar-refractivity contribution >= 4 is 44.0 Å². The van der Waals surface area contributed by atoms with Crippen molar-refractivity contribution in [2.75, 3.05) is 0 Å². The Morgan fingerprint density at radius 1 is 0.795 bits per heavy atom. The van der Waals surface area contributed by atoms with Gasteiger partial charge < -0.3 is 0 Å². The van der Waals surface area contributed by atoms with E-state index in [1.807, 2.05) is 26.0 Å². The molecule has 4 fully saturated rings. The van der Waals surface area contributed by atoms with Gasteiger partial charge in [-0.3, -0.25) is 18.7 Å². The molecule has 4 saturated carbocycles. The maximum atomic E-state index is 12.7. The fourth-order valence-corrected chi connectivity index (χ4v) is 10.1. The van der Waals surface area contributed by atoms with Crippen LogP contribution in [0.25, 0.3) is 12.2 Å². The van der Waals surface area contributed by atoms with E-state index in [4.69, 9.17) is 4.55 Å². The third kappa shape index (κ3) is 4.94. The van der Waals surface area contributed by atoms with E-state index in [0.29, 0.717) is 18.4 Å². The number of rotatable bonds is 5. The van der Waals surface area contributed by atoms with E-state index in [9.17, 15) is 31.0 Å². The van der Waals surface area contributed by atoms with Crippen LogP contribution in [0.5, 0.6) is 0 Å². The van der Waals surface area contributed by atoms with Crippen molar-refractivity contribution in [3.05, 3.63) is 76.2 Å². The summed E-state index contributed by atoms with van der Waals surface area (Å²) >= 11 is 0. The van der Waals surface area contributed by atoms with Crippen LogP contribution in [-0.4, -0.2) is 37.5 Å². The first kappa shape index (κ1) is 32.5. The van der Waals surface area contributed by atoms with E-state index in [1.54, 1.807) is 36.4 Å². The van der Waals surface area contributed by atoms with Crippen molar-refractivity contribution in [1.82, 2.24) is 0 Å². The summed E-state index contributed by atoms with van der Waals surface area (Å²) < 4.78 is 65.1. The minimum Gasteiger partial charge on any atom is -0.299 e. The Bertz CT molecular complexity index is 1780. The van der Waals surface area contributed by atoms with E-state index in [0.717, 1.165) is 30.4 Å². The van der Waals surface area contributed by atoms with Crippen molar-refractivity contribution in [2.45, 2.75) is 71.6 Å². The van der Waals surface area contributed by atoms with Crippen LogP contribution in [0.4, 0.5) is 0 Å². The summed E-state index contributed by atoms with van der Waals surface area (Å²) in [6.07, 6.45) is 6.99. The smallest absolute Gasteiger partial charge is 0.294 e. The Kier molecular flexibility index (Phi) is 7.80.